The Labute approximate surface area is 112 Å². The van der Waals surface area contributed by atoms with Crippen molar-refractivity contribution < 1.29 is 8.78 Å². The van der Waals surface area contributed by atoms with Crippen molar-refractivity contribution >= 4 is 24.0 Å². The second-order valence-corrected chi connectivity index (χ2v) is 4.24. The van der Waals surface area contributed by atoms with E-state index in [4.69, 9.17) is 17.3 Å². The van der Waals surface area contributed by atoms with Crippen molar-refractivity contribution in [2.75, 3.05) is 0 Å². The Morgan fingerprint density at radius 3 is 2.41 bits per heavy atom. The van der Waals surface area contributed by atoms with Gasteiger partial charge in [-0.3, -0.25) is 0 Å². The monoisotopic (exact) mass is 283 g/mol. The highest BCUT2D eigenvalue weighted by atomic mass is 35.5. The third-order valence-electron chi connectivity index (χ3n) is 2.57. The zero-order valence-electron chi connectivity index (χ0n) is 9.68. The van der Waals surface area contributed by atoms with Gasteiger partial charge in [-0.1, -0.05) is 37.8 Å². The molecule has 98 valence electrons. The molecule has 2 N–H and O–H groups in total. The molecule has 0 aliphatic rings. The Hall–Kier alpha value is -0.380. The summed E-state index contributed by atoms with van der Waals surface area (Å²) in [5.74, 6) is -1.15. The molecule has 1 aromatic carbocycles. The van der Waals surface area contributed by atoms with Crippen LogP contribution in [0.25, 0.3) is 0 Å². The van der Waals surface area contributed by atoms with Crippen LogP contribution in [0.15, 0.2) is 12.1 Å². The normalized spacial score (nSPS) is 12.1. The summed E-state index contributed by atoms with van der Waals surface area (Å²) < 4.78 is 26.6. The largest absolute Gasteiger partial charge is 0.324 e. The number of nitrogens with two attached hydrogens (primary N) is 1. The van der Waals surface area contributed by atoms with Crippen LogP contribution < -0.4 is 5.73 Å². The van der Waals surface area contributed by atoms with Crippen LogP contribution in [0.3, 0.4) is 0 Å². The van der Waals surface area contributed by atoms with E-state index in [1.54, 1.807) is 0 Å². The summed E-state index contributed by atoms with van der Waals surface area (Å²) in [5, 5.41) is -0.191. The molecule has 5 heteroatoms. The third kappa shape index (κ3) is 4.41. The van der Waals surface area contributed by atoms with Crippen molar-refractivity contribution in [3.8, 4) is 0 Å². The quantitative estimate of drug-likeness (QED) is 0.619. The van der Waals surface area contributed by atoms with Gasteiger partial charge in [-0.05, 0) is 18.6 Å². The van der Waals surface area contributed by atoms with Crippen molar-refractivity contribution in [3.63, 3.8) is 0 Å². The molecule has 0 saturated heterocycles. The van der Waals surface area contributed by atoms with Gasteiger partial charge in [-0.25, -0.2) is 8.78 Å². The molecule has 0 heterocycles. The fourth-order valence-electron chi connectivity index (χ4n) is 1.64. The maximum atomic E-state index is 13.5. The van der Waals surface area contributed by atoms with E-state index in [0.29, 0.717) is 6.42 Å². The van der Waals surface area contributed by atoms with Crippen molar-refractivity contribution in [2.24, 2.45) is 5.73 Å². The van der Waals surface area contributed by atoms with E-state index in [-0.39, 0.29) is 23.0 Å². The molecule has 0 fully saturated rings. The summed E-state index contributed by atoms with van der Waals surface area (Å²) in [5.41, 5.74) is 5.91. The Bertz CT molecular complexity index is 359. The molecule has 0 aliphatic carbocycles. The van der Waals surface area contributed by atoms with Crippen LogP contribution in [-0.2, 0) is 0 Å². The van der Waals surface area contributed by atoms with Crippen molar-refractivity contribution in [2.45, 2.75) is 38.6 Å². The predicted molar refractivity (Wildman–Crippen MR) is 69.7 cm³/mol. The van der Waals surface area contributed by atoms with Gasteiger partial charge < -0.3 is 5.73 Å². The van der Waals surface area contributed by atoms with Crippen LogP contribution in [0.2, 0.25) is 5.02 Å². The van der Waals surface area contributed by atoms with Gasteiger partial charge in [-0.2, -0.15) is 0 Å². The first-order valence-electron chi connectivity index (χ1n) is 5.46. The topological polar surface area (TPSA) is 26.0 Å². The number of halogens is 4. The van der Waals surface area contributed by atoms with Gasteiger partial charge in [0.1, 0.15) is 11.6 Å². The first-order chi connectivity index (χ1) is 7.57. The maximum Gasteiger partial charge on any atom is 0.142 e. The summed E-state index contributed by atoms with van der Waals surface area (Å²) in [6, 6.07) is 1.55. The van der Waals surface area contributed by atoms with Gasteiger partial charge in [0.05, 0.1) is 5.02 Å². The molecule has 1 nitrogen and oxygen atoms in total. The fourth-order valence-corrected chi connectivity index (χ4v) is 1.93. The lowest BCUT2D eigenvalue weighted by atomic mass is 10.0. The van der Waals surface area contributed by atoms with Crippen LogP contribution in [0, 0.1) is 11.6 Å². The molecule has 0 spiro atoms. The maximum absolute atomic E-state index is 13.5. The van der Waals surface area contributed by atoms with Gasteiger partial charge in [0.2, 0.25) is 0 Å². The van der Waals surface area contributed by atoms with Gasteiger partial charge >= 0.3 is 0 Å². The molecule has 0 aliphatic heterocycles. The lowest BCUT2D eigenvalue weighted by Crippen LogP contribution is -2.13. The number of hydrogen-bond donors (Lipinski definition) is 1. The second-order valence-electron chi connectivity index (χ2n) is 3.86. The van der Waals surface area contributed by atoms with Crippen molar-refractivity contribution in [1.82, 2.24) is 0 Å². The second kappa shape index (κ2) is 7.85. The first kappa shape index (κ1) is 16.6. The van der Waals surface area contributed by atoms with Crippen LogP contribution in [0.5, 0.6) is 0 Å². The summed E-state index contributed by atoms with van der Waals surface area (Å²) in [4.78, 5) is 0. The number of unbranched alkanes of at least 4 members (excludes halogenated alkanes) is 2. The number of hydrogen-bond acceptors (Lipinski definition) is 1. The minimum atomic E-state index is -0.621. The van der Waals surface area contributed by atoms with Crippen LogP contribution in [0.1, 0.15) is 44.2 Å². The summed E-state index contributed by atoms with van der Waals surface area (Å²) >= 11 is 5.71. The number of benzene rings is 1. The molecule has 17 heavy (non-hydrogen) atoms. The molecule has 0 saturated carbocycles. The molecule has 1 aromatic rings. The Balaban J connectivity index is 0.00000256. The average Bonchev–Trinajstić information content (AvgIpc) is 2.24. The minimum absolute atomic E-state index is 0. The Morgan fingerprint density at radius 2 is 1.82 bits per heavy atom. The predicted octanol–water partition coefficient (Wildman–Crippen LogP) is 4.62. The zero-order valence-corrected chi connectivity index (χ0v) is 11.3. The van der Waals surface area contributed by atoms with E-state index in [1.165, 1.54) is 0 Å². The SMILES string of the molecule is CCCCC[C@H](N)c1c(F)ccc(F)c1Cl.Cl. The molecule has 0 radical (unpaired) electrons. The zero-order chi connectivity index (χ0) is 12.1. The molecule has 0 bridgehead atoms. The number of rotatable bonds is 5. The van der Waals surface area contributed by atoms with E-state index >= 15 is 0 Å². The van der Waals surface area contributed by atoms with E-state index < -0.39 is 17.7 Å². The van der Waals surface area contributed by atoms with Gasteiger partial charge in [0.25, 0.3) is 0 Å². The highest BCUT2D eigenvalue weighted by Gasteiger charge is 2.17. The van der Waals surface area contributed by atoms with Crippen LogP contribution in [-0.4, -0.2) is 0 Å². The highest BCUT2D eigenvalue weighted by molar-refractivity contribution is 6.31. The Kier molecular flexibility index (Phi) is 7.68. The average molecular weight is 284 g/mol. The molecular weight excluding hydrogens is 267 g/mol. The highest BCUT2D eigenvalue weighted by Crippen LogP contribution is 2.29. The molecule has 1 rings (SSSR count). The summed E-state index contributed by atoms with van der Waals surface area (Å²) in [6.07, 6.45) is 3.60. The summed E-state index contributed by atoms with van der Waals surface area (Å²) in [7, 11) is 0. The Morgan fingerprint density at radius 1 is 1.24 bits per heavy atom. The standard InChI is InChI=1S/C12H16ClF2N.ClH/c1-2-3-4-5-10(16)11-8(14)6-7-9(15)12(11)13;/h6-7,10H,2-5,16H2,1H3;1H/t10-;/m0./s1. The minimum Gasteiger partial charge on any atom is -0.324 e. The van der Waals surface area contributed by atoms with Crippen molar-refractivity contribution in [1.29, 1.82) is 0 Å². The molecule has 0 unspecified atom stereocenters. The lowest BCUT2D eigenvalue weighted by molar-refractivity contribution is 0.529. The molecule has 1 atom stereocenters. The smallest absolute Gasteiger partial charge is 0.142 e. The van der Waals surface area contributed by atoms with E-state index in [0.717, 1.165) is 31.4 Å². The van der Waals surface area contributed by atoms with Gasteiger partial charge in [0.15, 0.2) is 0 Å². The van der Waals surface area contributed by atoms with Crippen LogP contribution in [0.4, 0.5) is 8.78 Å². The first-order valence-corrected chi connectivity index (χ1v) is 5.84. The fraction of sp³-hybridized carbons (Fsp3) is 0.500. The summed E-state index contributed by atoms with van der Waals surface area (Å²) in [6.45, 7) is 2.07. The van der Waals surface area contributed by atoms with Gasteiger partial charge in [0, 0.05) is 11.6 Å². The lowest BCUT2D eigenvalue weighted by Gasteiger charge is -2.14. The van der Waals surface area contributed by atoms with E-state index in [2.05, 4.69) is 6.92 Å². The third-order valence-corrected chi connectivity index (χ3v) is 2.95. The van der Waals surface area contributed by atoms with E-state index in [9.17, 15) is 8.78 Å². The molecule has 0 amide bonds. The van der Waals surface area contributed by atoms with Gasteiger partial charge in [-0.15, -0.1) is 12.4 Å². The van der Waals surface area contributed by atoms with Crippen LogP contribution >= 0.6 is 24.0 Å². The van der Waals surface area contributed by atoms with Crippen molar-refractivity contribution in [3.05, 3.63) is 34.4 Å². The molecule has 0 aromatic heterocycles. The molecular formula is C12H17Cl2F2N. The van der Waals surface area contributed by atoms with E-state index in [1.807, 2.05) is 0 Å².